The van der Waals surface area contributed by atoms with Gasteiger partial charge in [0.2, 0.25) is 0 Å². The summed E-state index contributed by atoms with van der Waals surface area (Å²) in [7, 11) is 0. The van der Waals surface area contributed by atoms with Crippen LogP contribution in [0.1, 0.15) is 61.9 Å². The zero-order valence-electron chi connectivity index (χ0n) is 16.7. The fourth-order valence-electron chi connectivity index (χ4n) is 2.92. The summed E-state index contributed by atoms with van der Waals surface area (Å²) in [5, 5.41) is 17.1. The van der Waals surface area contributed by atoms with Crippen LogP contribution < -0.4 is 10.6 Å². The lowest BCUT2D eigenvalue weighted by molar-refractivity contribution is -0.383. The number of rotatable bonds is 11. The minimum Gasteiger partial charge on any atom is -0.379 e. The van der Waals surface area contributed by atoms with Crippen molar-refractivity contribution in [3.8, 4) is 0 Å². The Bertz CT molecular complexity index is 788. The van der Waals surface area contributed by atoms with Crippen LogP contribution in [0.4, 0.5) is 17.1 Å². The molecule has 0 radical (unpaired) electrons. The SMILES string of the molecule is CCCCCc1ccc(C(=O)Nc2ccc([N+](=O)[O-])c(NCCCC)c2)cc1. The predicted octanol–water partition coefficient (Wildman–Crippen LogP) is 5.79. The Labute approximate surface area is 166 Å². The molecular formula is C22H29N3O3. The number of nitro benzene ring substituents is 1. The van der Waals surface area contributed by atoms with Crippen LogP contribution >= 0.6 is 0 Å². The fourth-order valence-corrected chi connectivity index (χ4v) is 2.92. The van der Waals surface area contributed by atoms with E-state index in [1.165, 1.54) is 24.5 Å². The summed E-state index contributed by atoms with van der Waals surface area (Å²) >= 11 is 0. The average molecular weight is 383 g/mol. The van der Waals surface area contributed by atoms with E-state index in [1.54, 1.807) is 12.1 Å². The van der Waals surface area contributed by atoms with Gasteiger partial charge in [0.25, 0.3) is 11.6 Å². The van der Waals surface area contributed by atoms with Gasteiger partial charge in [-0.25, -0.2) is 0 Å². The molecule has 2 aromatic carbocycles. The van der Waals surface area contributed by atoms with Gasteiger partial charge in [-0.15, -0.1) is 0 Å². The lowest BCUT2D eigenvalue weighted by atomic mass is 10.1. The normalized spacial score (nSPS) is 10.5. The van der Waals surface area contributed by atoms with Gasteiger partial charge in [-0.3, -0.25) is 14.9 Å². The number of anilines is 2. The van der Waals surface area contributed by atoms with Gasteiger partial charge in [0.1, 0.15) is 5.69 Å². The van der Waals surface area contributed by atoms with Gasteiger partial charge in [0.15, 0.2) is 0 Å². The summed E-state index contributed by atoms with van der Waals surface area (Å²) in [5.74, 6) is -0.228. The number of carbonyl (C=O) groups excluding carboxylic acids is 1. The summed E-state index contributed by atoms with van der Waals surface area (Å²) < 4.78 is 0. The van der Waals surface area contributed by atoms with Crippen molar-refractivity contribution in [3.05, 3.63) is 63.7 Å². The van der Waals surface area contributed by atoms with E-state index in [0.717, 1.165) is 25.7 Å². The molecule has 0 saturated carbocycles. The van der Waals surface area contributed by atoms with Crippen molar-refractivity contribution in [1.29, 1.82) is 0 Å². The Balaban J connectivity index is 2.06. The largest absolute Gasteiger partial charge is 0.379 e. The van der Waals surface area contributed by atoms with E-state index < -0.39 is 4.92 Å². The van der Waals surface area contributed by atoms with E-state index in [2.05, 4.69) is 24.5 Å². The maximum absolute atomic E-state index is 12.5. The van der Waals surface area contributed by atoms with E-state index in [1.807, 2.05) is 24.3 Å². The zero-order chi connectivity index (χ0) is 20.4. The standard InChI is InChI=1S/C22H29N3O3/c1-3-5-7-8-17-9-11-18(12-10-17)22(26)24-19-13-14-21(25(27)28)20(16-19)23-15-6-4-2/h9-14,16,23H,3-8,15H2,1-2H3,(H,24,26). The summed E-state index contributed by atoms with van der Waals surface area (Å²) in [6.07, 6.45) is 6.47. The minimum atomic E-state index is -0.419. The second kappa shape index (κ2) is 11.1. The third kappa shape index (κ3) is 6.37. The highest BCUT2D eigenvalue weighted by Gasteiger charge is 2.15. The van der Waals surface area contributed by atoms with Crippen LogP contribution in [-0.2, 0) is 6.42 Å². The number of carbonyl (C=O) groups is 1. The van der Waals surface area contributed by atoms with Crippen molar-refractivity contribution < 1.29 is 9.72 Å². The van der Waals surface area contributed by atoms with Gasteiger partial charge < -0.3 is 10.6 Å². The molecule has 0 unspecified atom stereocenters. The quantitative estimate of drug-likeness (QED) is 0.292. The van der Waals surface area contributed by atoms with Crippen LogP contribution in [0.3, 0.4) is 0 Å². The zero-order valence-corrected chi connectivity index (χ0v) is 16.7. The molecule has 0 spiro atoms. The molecule has 6 heteroatoms. The highest BCUT2D eigenvalue weighted by molar-refractivity contribution is 6.04. The summed E-state index contributed by atoms with van der Waals surface area (Å²) in [6.45, 7) is 4.88. The second-order valence-corrected chi connectivity index (χ2v) is 6.88. The van der Waals surface area contributed by atoms with Crippen molar-refractivity contribution in [3.63, 3.8) is 0 Å². The molecule has 0 heterocycles. The number of nitrogens with one attached hydrogen (secondary N) is 2. The molecule has 28 heavy (non-hydrogen) atoms. The Morgan fingerprint density at radius 3 is 2.36 bits per heavy atom. The number of benzene rings is 2. The van der Waals surface area contributed by atoms with Crippen LogP contribution in [0.2, 0.25) is 0 Å². The molecule has 0 fully saturated rings. The molecule has 0 atom stereocenters. The van der Waals surface area contributed by atoms with E-state index in [-0.39, 0.29) is 11.6 Å². The van der Waals surface area contributed by atoms with Gasteiger partial charge in [-0.2, -0.15) is 0 Å². The van der Waals surface area contributed by atoms with Crippen LogP contribution in [0, 0.1) is 10.1 Å². The molecule has 6 nitrogen and oxygen atoms in total. The fraction of sp³-hybridized carbons (Fsp3) is 0.409. The third-order valence-corrected chi connectivity index (χ3v) is 4.58. The van der Waals surface area contributed by atoms with Crippen molar-refractivity contribution >= 4 is 23.0 Å². The Morgan fingerprint density at radius 2 is 1.71 bits per heavy atom. The molecule has 2 rings (SSSR count). The molecule has 0 aliphatic heterocycles. The monoisotopic (exact) mass is 383 g/mol. The lowest BCUT2D eigenvalue weighted by Crippen LogP contribution is -2.12. The molecule has 0 bridgehead atoms. The number of unbranched alkanes of at least 4 members (excludes halogenated alkanes) is 3. The van der Waals surface area contributed by atoms with Crippen molar-refractivity contribution in [1.82, 2.24) is 0 Å². The van der Waals surface area contributed by atoms with Crippen LogP contribution in [0.25, 0.3) is 0 Å². The third-order valence-electron chi connectivity index (χ3n) is 4.58. The first-order valence-electron chi connectivity index (χ1n) is 9.97. The van der Waals surface area contributed by atoms with Gasteiger partial charge in [0.05, 0.1) is 4.92 Å². The van der Waals surface area contributed by atoms with Crippen LogP contribution in [0.15, 0.2) is 42.5 Å². The summed E-state index contributed by atoms with van der Waals surface area (Å²) in [6, 6.07) is 12.2. The van der Waals surface area contributed by atoms with Gasteiger partial charge in [-0.05, 0) is 49.1 Å². The predicted molar refractivity (Wildman–Crippen MR) is 114 cm³/mol. The first kappa shape index (κ1) is 21.4. The smallest absolute Gasteiger partial charge is 0.292 e. The number of amides is 1. The van der Waals surface area contributed by atoms with Gasteiger partial charge in [0, 0.05) is 23.9 Å². The molecule has 0 aliphatic rings. The van der Waals surface area contributed by atoms with E-state index >= 15 is 0 Å². The van der Waals surface area contributed by atoms with Crippen molar-refractivity contribution in [2.24, 2.45) is 0 Å². The Hall–Kier alpha value is -2.89. The number of aryl methyl sites for hydroxylation is 1. The topological polar surface area (TPSA) is 84.3 Å². The first-order valence-corrected chi connectivity index (χ1v) is 9.97. The number of hydrogen-bond donors (Lipinski definition) is 2. The maximum Gasteiger partial charge on any atom is 0.292 e. The second-order valence-electron chi connectivity index (χ2n) is 6.88. The summed E-state index contributed by atoms with van der Waals surface area (Å²) in [4.78, 5) is 23.3. The average Bonchev–Trinajstić information content (AvgIpc) is 2.69. The molecule has 0 aliphatic carbocycles. The molecule has 0 aromatic heterocycles. The number of nitrogens with zero attached hydrogens (tertiary/aromatic N) is 1. The molecule has 2 aromatic rings. The maximum atomic E-state index is 12.5. The van der Waals surface area contributed by atoms with E-state index in [0.29, 0.717) is 23.5 Å². The van der Waals surface area contributed by atoms with E-state index in [9.17, 15) is 14.9 Å². The summed E-state index contributed by atoms with van der Waals surface area (Å²) in [5.41, 5.74) is 2.75. The van der Waals surface area contributed by atoms with E-state index in [4.69, 9.17) is 0 Å². The highest BCUT2D eigenvalue weighted by Crippen LogP contribution is 2.28. The molecule has 2 N–H and O–H groups in total. The Morgan fingerprint density at radius 1 is 1.00 bits per heavy atom. The lowest BCUT2D eigenvalue weighted by Gasteiger charge is -2.10. The highest BCUT2D eigenvalue weighted by atomic mass is 16.6. The molecule has 150 valence electrons. The van der Waals surface area contributed by atoms with Crippen LogP contribution in [-0.4, -0.2) is 17.4 Å². The van der Waals surface area contributed by atoms with Crippen molar-refractivity contribution in [2.75, 3.05) is 17.2 Å². The molecule has 1 amide bonds. The molecular weight excluding hydrogens is 354 g/mol. The number of hydrogen-bond acceptors (Lipinski definition) is 4. The Kier molecular flexibility index (Phi) is 8.46. The number of nitro groups is 1. The van der Waals surface area contributed by atoms with Gasteiger partial charge in [-0.1, -0.05) is 45.2 Å². The van der Waals surface area contributed by atoms with Gasteiger partial charge >= 0.3 is 0 Å². The van der Waals surface area contributed by atoms with Crippen LogP contribution in [0.5, 0.6) is 0 Å². The molecule has 0 saturated heterocycles. The minimum absolute atomic E-state index is 0.00512. The first-order chi connectivity index (χ1) is 13.5. The van der Waals surface area contributed by atoms with Crippen molar-refractivity contribution in [2.45, 2.75) is 52.4 Å².